The maximum absolute atomic E-state index is 13.4. The Morgan fingerprint density at radius 2 is 1.76 bits per heavy atom. The Balaban J connectivity index is 1.27. The third kappa shape index (κ3) is 4.23. The first kappa shape index (κ1) is 24.6. The van der Waals surface area contributed by atoms with Crippen molar-refractivity contribution in [3.05, 3.63) is 90.1 Å². The lowest BCUT2D eigenvalue weighted by molar-refractivity contribution is 0.245. The van der Waals surface area contributed by atoms with Crippen molar-refractivity contribution < 1.29 is 13.2 Å². The number of hydrogen-bond donors (Lipinski definition) is 2. The molecule has 0 atom stereocenters. The highest BCUT2D eigenvalue weighted by Crippen LogP contribution is 2.51. The molecule has 1 aliphatic carbocycles. The maximum atomic E-state index is 13.4. The molecule has 0 radical (unpaired) electrons. The summed E-state index contributed by atoms with van der Waals surface area (Å²) in [7, 11) is -2.11. The SMILES string of the molecule is CNS(=O)(=O)c1ccc(CNC(=O)N2CC3(CCCC3)c3cc(-c4cccc5cccnc45)ccc32)cc1. The zero-order chi connectivity index (χ0) is 26.3. The van der Waals surface area contributed by atoms with Gasteiger partial charge in [0, 0.05) is 41.3 Å². The molecule has 0 saturated heterocycles. The van der Waals surface area contributed by atoms with E-state index in [0.717, 1.165) is 59.0 Å². The molecule has 2 aliphatic rings. The van der Waals surface area contributed by atoms with E-state index >= 15 is 0 Å². The largest absolute Gasteiger partial charge is 0.334 e. The smallest absolute Gasteiger partial charge is 0.322 e. The van der Waals surface area contributed by atoms with Gasteiger partial charge < -0.3 is 5.32 Å². The predicted octanol–water partition coefficient (Wildman–Crippen LogP) is 5.35. The van der Waals surface area contributed by atoms with Crippen LogP contribution in [0.3, 0.4) is 0 Å². The van der Waals surface area contributed by atoms with Crippen LogP contribution in [0.4, 0.5) is 10.5 Å². The minimum absolute atomic E-state index is 0.0240. The Morgan fingerprint density at radius 1 is 1.00 bits per heavy atom. The number of hydrogen-bond acceptors (Lipinski definition) is 4. The van der Waals surface area contributed by atoms with Crippen LogP contribution in [0.25, 0.3) is 22.0 Å². The van der Waals surface area contributed by atoms with Gasteiger partial charge in [-0.25, -0.2) is 17.9 Å². The molecule has 3 aromatic carbocycles. The van der Waals surface area contributed by atoms with Gasteiger partial charge in [-0.15, -0.1) is 0 Å². The van der Waals surface area contributed by atoms with Crippen molar-refractivity contribution in [3.63, 3.8) is 0 Å². The van der Waals surface area contributed by atoms with E-state index in [1.165, 1.54) is 12.6 Å². The zero-order valence-electron chi connectivity index (χ0n) is 21.3. The standard InChI is InChI=1S/C30H30N4O3S/c1-31-38(36,37)24-12-9-21(10-13-24)19-33-29(35)34-20-30(15-2-3-16-30)26-18-23(11-14-27(26)34)25-8-4-6-22-7-5-17-32-28(22)25/h4-14,17-18,31H,2-3,15-16,19-20H2,1H3,(H,33,35). The Labute approximate surface area is 223 Å². The van der Waals surface area contributed by atoms with Crippen molar-refractivity contribution in [3.8, 4) is 11.1 Å². The van der Waals surface area contributed by atoms with Crippen LogP contribution in [0.5, 0.6) is 0 Å². The molecular formula is C30H30N4O3S. The highest BCUT2D eigenvalue weighted by Gasteiger charge is 2.46. The fourth-order valence-corrected chi connectivity index (χ4v) is 6.74. The summed E-state index contributed by atoms with van der Waals surface area (Å²) in [5.74, 6) is 0. The van der Waals surface area contributed by atoms with Gasteiger partial charge in [0.25, 0.3) is 0 Å². The number of fused-ring (bicyclic) bond motifs is 3. The molecule has 1 spiro atoms. The first-order valence-electron chi connectivity index (χ1n) is 13.0. The third-order valence-electron chi connectivity index (χ3n) is 8.02. The molecule has 2 N–H and O–H groups in total. The number of para-hydroxylation sites is 1. The number of nitrogens with zero attached hydrogens (tertiary/aromatic N) is 2. The quantitative estimate of drug-likeness (QED) is 0.367. The highest BCUT2D eigenvalue weighted by atomic mass is 32.2. The van der Waals surface area contributed by atoms with Crippen molar-refractivity contribution in [1.29, 1.82) is 0 Å². The van der Waals surface area contributed by atoms with Gasteiger partial charge in [-0.05, 0) is 66.9 Å². The number of carbonyl (C=O) groups is 1. The van der Waals surface area contributed by atoms with Crippen LogP contribution in [0.1, 0.15) is 36.8 Å². The Bertz CT molecular complexity index is 1620. The molecule has 2 heterocycles. The van der Waals surface area contributed by atoms with Crippen LogP contribution < -0.4 is 14.9 Å². The van der Waals surface area contributed by atoms with Gasteiger partial charge in [-0.1, -0.05) is 55.3 Å². The lowest BCUT2D eigenvalue weighted by Gasteiger charge is -2.25. The van der Waals surface area contributed by atoms with E-state index in [9.17, 15) is 13.2 Å². The summed E-state index contributed by atoms with van der Waals surface area (Å²) in [4.78, 5) is 20.1. The molecule has 1 saturated carbocycles. The van der Waals surface area contributed by atoms with E-state index in [2.05, 4.69) is 57.5 Å². The first-order chi connectivity index (χ1) is 18.4. The summed E-state index contributed by atoms with van der Waals surface area (Å²) < 4.78 is 26.3. The number of carbonyl (C=O) groups excluding carboxylic acids is 1. The van der Waals surface area contributed by atoms with E-state index in [-0.39, 0.29) is 16.3 Å². The van der Waals surface area contributed by atoms with E-state index < -0.39 is 10.0 Å². The molecule has 0 unspecified atom stereocenters. The number of sulfonamides is 1. The molecule has 8 heteroatoms. The zero-order valence-corrected chi connectivity index (χ0v) is 22.1. The van der Waals surface area contributed by atoms with Gasteiger partial charge in [0.05, 0.1) is 10.4 Å². The van der Waals surface area contributed by atoms with Crippen molar-refractivity contribution in [2.75, 3.05) is 18.5 Å². The van der Waals surface area contributed by atoms with Gasteiger partial charge in [-0.3, -0.25) is 9.88 Å². The molecule has 6 rings (SSSR count). The fourth-order valence-electron chi connectivity index (χ4n) is 6.01. The summed E-state index contributed by atoms with van der Waals surface area (Å²) in [6.07, 6.45) is 6.30. The number of pyridine rings is 1. The normalized spacial score (nSPS) is 16.2. The lowest BCUT2D eigenvalue weighted by atomic mass is 9.80. The minimum Gasteiger partial charge on any atom is -0.334 e. The monoisotopic (exact) mass is 526 g/mol. The minimum atomic E-state index is -3.49. The summed E-state index contributed by atoms with van der Waals surface area (Å²) >= 11 is 0. The van der Waals surface area contributed by atoms with Crippen LogP contribution in [0.2, 0.25) is 0 Å². The van der Waals surface area contributed by atoms with E-state index in [0.29, 0.717) is 13.1 Å². The van der Waals surface area contributed by atoms with Gasteiger partial charge >= 0.3 is 6.03 Å². The fraction of sp³-hybridized carbons (Fsp3) is 0.267. The van der Waals surface area contributed by atoms with Crippen molar-refractivity contribution >= 4 is 32.6 Å². The van der Waals surface area contributed by atoms with Crippen LogP contribution >= 0.6 is 0 Å². The summed E-state index contributed by atoms with van der Waals surface area (Å²) in [6, 6.07) is 23.2. The summed E-state index contributed by atoms with van der Waals surface area (Å²) in [5.41, 5.74) is 6.24. The topological polar surface area (TPSA) is 91.4 Å². The first-order valence-corrected chi connectivity index (χ1v) is 14.5. The van der Waals surface area contributed by atoms with E-state index in [1.807, 2.05) is 17.2 Å². The number of anilines is 1. The number of amides is 2. The Hall–Kier alpha value is -3.75. The number of benzene rings is 3. The predicted molar refractivity (Wildman–Crippen MR) is 150 cm³/mol. The second-order valence-corrected chi connectivity index (χ2v) is 12.1. The molecule has 194 valence electrons. The highest BCUT2D eigenvalue weighted by molar-refractivity contribution is 7.89. The van der Waals surface area contributed by atoms with E-state index in [1.54, 1.807) is 24.3 Å². The molecule has 7 nitrogen and oxygen atoms in total. The van der Waals surface area contributed by atoms with Gasteiger partial charge in [0.15, 0.2) is 0 Å². The van der Waals surface area contributed by atoms with Crippen LogP contribution in [0, 0.1) is 0 Å². The molecule has 0 bridgehead atoms. The molecule has 1 fully saturated rings. The average molecular weight is 527 g/mol. The second kappa shape index (κ2) is 9.53. The van der Waals surface area contributed by atoms with Gasteiger partial charge in [0.1, 0.15) is 0 Å². The van der Waals surface area contributed by atoms with Crippen molar-refractivity contribution in [1.82, 2.24) is 15.0 Å². The molecule has 1 aliphatic heterocycles. The Morgan fingerprint density at radius 3 is 2.53 bits per heavy atom. The number of rotatable bonds is 5. The molecule has 4 aromatic rings. The average Bonchev–Trinajstić information content (AvgIpc) is 3.56. The third-order valence-corrected chi connectivity index (χ3v) is 9.45. The van der Waals surface area contributed by atoms with Crippen LogP contribution in [0.15, 0.2) is 83.9 Å². The maximum Gasteiger partial charge on any atom is 0.322 e. The Kier molecular flexibility index (Phi) is 6.16. The van der Waals surface area contributed by atoms with Crippen LogP contribution in [-0.4, -0.2) is 33.0 Å². The molecule has 2 amide bonds. The van der Waals surface area contributed by atoms with Gasteiger partial charge in [-0.2, -0.15) is 0 Å². The molecule has 38 heavy (non-hydrogen) atoms. The second-order valence-electron chi connectivity index (χ2n) is 10.2. The van der Waals surface area contributed by atoms with Crippen LogP contribution in [-0.2, 0) is 22.0 Å². The summed E-state index contributed by atoms with van der Waals surface area (Å²) in [5, 5.41) is 4.15. The van der Waals surface area contributed by atoms with Crippen molar-refractivity contribution in [2.24, 2.45) is 0 Å². The van der Waals surface area contributed by atoms with Gasteiger partial charge in [0.2, 0.25) is 10.0 Å². The molecular weight excluding hydrogens is 496 g/mol. The lowest BCUT2D eigenvalue weighted by Crippen LogP contribution is -2.41. The van der Waals surface area contributed by atoms with Crippen molar-refractivity contribution in [2.45, 2.75) is 42.5 Å². The summed E-state index contributed by atoms with van der Waals surface area (Å²) in [6.45, 7) is 0.988. The number of aromatic nitrogens is 1. The number of urea groups is 1. The molecule has 1 aromatic heterocycles. The number of nitrogens with one attached hydrogen (secondary N) is 2. The van der Waals surface area contributed by atoms with E-state index in [4.69, 9.17) is 0 Å².